The zero-order valence-corrected chi connectivity index (χ0v) is 14.5. The van der Waals surface area contributed by atoms with Crippen LogP contribution in [0.2, 0.25) is 0 Å². The summed E-state index contributed by atoms with van der Waals surface area (Å²) in [7, 11) is 0. The lowest BCUT2D eigenvalue weighted by molar-refractivity contribution is -0.127. The number of hydrogen-bond donors (Lipinski definition) is 3. The predicted molar refractivity (Wildman–Crippen MR) is 93.1 cm³/mol. The third kappa shape index (κ3) is 5.55. The van der Waals surface area contributed by atoms with Gasteiger partial charge in [0.2, 0.25) is 11.8 Å². The van der Waals surface area contributed by atoms with E-state index in [1.807, 2.05) is 43.8 Å². The molecule has 1 aromatic rings. The molecule has 0 unspecified atom stereocenters. The molecule has 0 bridgehead atoms. The lowest BCUT2D eigenvalue weighted by Gasteiger charge is -2.17. The first-order chi connectivity index (χ1) is 10.9. The molecule has 1 aliphatic carbocycles. The van der Waals surface area contributed by atoms with Crippen LogP contribution in [0, 0.1) is 5.92 Å². The van der Waals surface area contributed by atoms with E-state index >= 15 is 0 Å². The van der Waals surface area contributed by atoms with Crippen molar-refractivity contribution < 1.29 is 9.59 Å². The molecule has 5 nitrogen and oxygen atoms in total. The maximum Gasteiger partial charge on any atom is 0.239 e. The van der Waals surface area contributed by atoms with E-state index in [0.717, 1.165) is 12.8 Å². The number of hydrogen-bond acceptors (Lipinski definition) is 4. The molecule has 1 saturated carbocycles. The fourth-order valence-electron chi connectivity index (χ4n) is 2.10. The number of benzene rings is 1. The normalized spacial score (nSPS) is 16.7. The Morgan fingerprint density at radius 2 is 1.87 bits per heavy atom. The van der Waals surface area contributed by atoms with Gasteiger partial charge in [-0.25, -0.2) is 0 Å². The van der Waals surface area contributed by atoms with Crippen LogP contribution in [0.15, 0.2) is 35.2 Å². The molecule has 0 heterocycles. The van der Waals surface area contributed by atoms with Crippen LogP contribution in [0.25, 0.3) is 0 Å². The third-order valence-electron chi connectivity index (χ3n) is 3.94. The van der Waals surface area contributed by atoms with E-state index in [1.165, 1.54) is 4.90 Å². The molecule has 0 saturated heterocycles. The van der Waals surface area contributed by atoms with Crippen molar-refractivity contribution in [2.24, 2.45) is 11.7 Å². The van der Waals surface area contributed by atoms with Crippen LogP contribution in [-0.4, -0.2) is 35.7 Å². The summed E-state index contributed by atoms with van der Waals surface area (Å²) in [6, 6.07) is 9.62. The number of nitrogens with two attached hydrogens (primary N) is 1. The maximum atomic E-state index is 11.9. The van der Waals surface area contributed by atoms with Gasteiger partial charge in [-0.3, -0.25) is 9.59 Å². The summed E-state index contributed by atoms with van der Waals surface area (Å²) in [4.78, 5) is 24.8. The topological polar surface area (TPSA) is 84.2 Å². The molecule has 4 N–H and O–H groups in total. The van der Waals surface area contributed by atoms with Gasteiger partial charge in [0.25, 0.3) is 0 Å². The van der Waals surface area contributed by atoms with Crippen LogP contribution < -0.4 is 16.4 Å². The summed E-state index contributed by atoms with van der Waals surface area (Å²) in [6.45, 7) is 4.35. The van der Waals surface area contributed by atoms with Crippen LogP contribution >= 0.6 is 11.8 Å². The van der Waals surface area contributed by atoms with Gasteiger partial charge in [-0.1, -0.05) is 32.0 Å². The van der Waals surface area contributed by atoms with Gasteiger partial charge in [0, 0.05) is 16.2 Å². The fraction of sp³-hybridized carbons (Fsp3) is 0.529. The summed E-state index contributed by atoms with van der Waals surface area (Å²) in [6.07, 6.45) is 2.19. The highest BCUT2D eigenvalue weighted by Gasteiger charge is 2.43. The first-order valence-electron chi connectivity index (χ1n) is 7.96. The third-order valence-corrected chi connectivity index (χ3v) is 5.43. The Bertz CT molecular complexity index is 544. The first-order valence-corrected chi connectivity index (χ1v) is 8.78. The molecule has 0 aliphatic heterocycles. The van der Waals surface area contributed by atoms with Gasteiger partial charge in [-0.2, -0.15) is 0 Å². The van der Waals surface area contributed by atoms with Crippen LogP contribution in [0.3, 0.4) is 0 Å². The van der Waals surface area contributed by atoms with Gasteiger partial charge < -0.3 is 16.4 Å². The lowest BCUT2D eigenvalue weighted by Crippen LogP contribution is -2.47. The number of thioether (sulfide) groups is 1. The molecule has 126 valence electrons. The van der Waals surface area contributed by atoms with Crippen molar-refractivity contribution in [1.82, 2.24) is 10.6 Å². The molecule has 6 heteroatoms. The van der Waals surface area contributed by atoms with Crippen LogP contribution in [0.5, 0.6) is 0 Å². The second-order valence-corrected chi connectivity index (χ2v) is 7.90. The maximum absolute atomic E-state index is 11.9. The minimum absolute atomic E-state index is 0.0225. The Hall–Kier alpha value is -1.53. The average molecular weight is 335 g/mol. The van der Waals surface area contributed by atoms with E-state index in [1.54, 1.807) is 0 Å². The van der Waals surface area contributed by atoms with Gasteiger partial charge >= 0.3 is 0 Å². The van der Waals surface area contributed by atoms with Gasteiger partial charge in [0.1, 0.15) is 0 Å². The Morgan fingerprint density at radius 3 is 2.43 bits per heavy atom. The van der Waals surface area contributed by atoms with Crippen molar-refractivity contribution >= 4 is 23.6 Å². The zero-order valence-electron chi connectivity index (χ0n) is 13.7. The molecular weight excluding hydrogens is 310 g/mol. The minimum atomic E-state index is -0.578. The SMILES string of the molecule is CC(C)[C@H](N)C(=O)NCC(=O)NCC1(Sc2ccccc2)CC1. The van der Waals surface area contributed by atoms with E-state index in [-0.39, 0.29) is 29.0 Å². The molecular formula is C17H25N3O2S. The Morgan fingerprint density at radius 1 is 1.22 bits per heavy atom. The predicted octanol–water partition coefficient (Wildman–Crippen LogP) is 1.53. The van der Waals surface area contributed by atoms with Crippen molar-refractivity contribution in [2.75, 3.05) is 13.1 Å². The van der Waals surface area contributed by atoms with Gasteiger partial charge in [-0.15, -0.1) is 11.8 Å². The highest BCUT2D eigenvalue weighted by atomic mass is 32.2. The van der Waals surface area contributed by atoms with E-state index in [0.29, 0.717) is 6.54 Å². The highest BCUT2D eigenvalue weighted by molar-refractivity contribution is 8.01. The van der Waals surface area contributed by atoms with Crippen molar-refractivity contribution in [3.05, 3.63) is 30.3 Å². The molecule has 1 aliphatic rings. The van der Waals surface area contributed by atoms with E-state index < -0.39 is 6.04 Å². The van der Waals surface area contributed by atoms with Crippen LogP contribution in [0.1, 0.15) is 26.7 Å². The zero-order chi connectivity index (χ0) is 16.9. The number of rotatable bonds is 8. The quantitative estimate of drug-likeness (QED) is 0.673. The van der Waals surface area contributed by atoms with Crippen LogP contribution in [0.4, 0.5) is 0 Å². The number of amides is 2. The number of carbonyl (C=O) groups excluding carboxylic acids is 2. The summed E-state index contributed by atoms with van der Waals surface area (Å²) in [5, 5.41) is 5.50. The average Bonchev–Trinajstić information content (AvgIpc) is 3.30. The van der Waals surface area contributed by atoms with Crippen molar-refractivity contribution in [3.63, 3.8) is 0 Å². The first kappa shape index (κ1) is 17.8. The Kier molecular flexibility index (Phi) is 6.07. The fourth-order valence-corrected chi connectivity index (χ4v) is 3.35. The molecule has 23 heavy (non-hydrogen) atoms. The van der Waals surface area contributed by atoms with Crippen molar-refractivity contribution in [3.8, 4) is 0 Å². The van der Waals surface area contributed by atoms with E-state index in [9.17, 15) is 9.59 Å². The summed E-state index contributed by atoms with van der Waals surface area (Å²) in [5.74, 6) is -0.403. The van der Waals surface area contributed by atoms with Gasteiger partial charge in [-0.05, 0) is 30.9 Å². The highest BCUT2D eigenvalue weighted by Crippen LogP contribution is 2.51. The number of carbonyl (C=O) groups is 2. The van der Waals surface area contributed by atoms with Crippen molar-refractivity contribution in [2.45, 2.75) is 42.4 Å². The lowest BCUT2D eigenvalue weighted by atomic mass is 10.1. The van der Waals surface area contributed by atoms with E-state index in [4.69, 9.17) is 5.73 Å². The number of nitrogens with one attached hydrogen (secondary N) is 2. The van der Waals surface area contributed by atoms with Gasteiger partial charge in [0.05, 0.1) is 12.6 Å². The second-order valence-electron chi connectivity index (χ2n) is 6.36. The molecule has 0 radical (unpaired) electrons. The summed E-state index contributed by atoms with van der Waals surface area (Å²) in [5.41, 5.74) is 5.74. The van der Waals surface area contributed by atoms with Gasteiger partial charge in [0.15, 0.2) is 0 Å². The molecule has 2 amide bonds. The van der Waals surface area contributed by atoms with Crippen molar-refractivity contribution in [1.29, 1.82) is 0 Å². The van der Waals surface area contributed by atoms with Crippen LogP contribution in [-0.2, 0) is 9.59 Å². The molecule has 1 atom stereocenters. The monoisotopic (exact) mass is 335 g/mol. The standard InChI is InChI=1S/C17H25N3O2S/c1-12(2)15(18)16(22)19-10-14(21)20-11-17(8-9-17)23-13-6-4-3-5-7-13/h3-7,12,15H,8-11,18H2,1-2H3,(H,19,22)(H,20,21)/t15-/m0/s1. The van der Waals surface area contributed by atoms with E-state index in [2.05, 4.69) is 22.8 Å². The molecule has 1 aromatic carbocycles. The minimum Gasteiger partial charge on any atom is -0.353 e. The summed E-state index contributed by atoms with van der Waals surface area (Å²) < 4.78 is 0.107. The molecule has 0 aromatic heterocycles. The summed E-state index contributed by atoms with van der Waals surface area (Å²) >= 11 is 1.81. The molecule has 0 spiro atoms. The second kappa shape index (κ2) is 7.84. The largest absolute Gasteiger partial charge is 0.353 e. The molecule has 1 fully saturated rings. The Balaban J connectivity index is 1.71. The molecule has 2 rings (SSSR count). The smallest absolute Gasteiger partial charge is 0.239 e. The Labute approximate surface area is 141 Å².